The number of aryl methyl sites for hydroxylation is 2. The number of hydrogen-bond acceptors (Lipinski definition) is 5. The second kappa shape index (κ2) is 5.43. The molecule has 1 amide bonds. The van der Waals surface area contributed by atoms with Gasteiger partial charge in [-0.1, -0.05) is 0 Å². The fourth-order valence-corrected chi connectivity index (χ4v) is 1.47. The fraction of sp³-hybridized carbons (Fsp3) is 0.231. The molecule has 0 radical (unpaired) electrons. The Balaban J connectivity index is 2.13. The third-order valence-electron chi connectivity index (χ3n) is 2.75. The molecule has 0 bridgehead atoms. The number of carbonyl (C=O) groups excluding carboxylic acids is 1. The van der Waals surface area contributed by atoms with Crippen LogP contribution in [-0.4, -0.2) is 28.1 Å². The lowest BCUT2D eigenvalue weighted by molar-refractivity contribution is 0.102. The summed E-state index contributed by atoms with van der Waals surface area (Å²) in [6.45, 7) is 3.64. The highest BCUT2D eigenvalue weighted by Crippen LogP contribution is 2.10. The Morgan fingerprint density at radius 1 is 1.05 bits per heavy atom. The average Bonchev–Trinajstić information content (AvgIpc) is 2.43. The number of nitrogens with one attached hydrogen (secondary N) is 2. The first kappa shape index (κ1) is 12.9. The van der Waals surface area contributed by atoms with E-state index in [-0.39, 0.29) is 11.9 Å². The minimum atomic E-state index is -0.257. The lowest BCUT2D eigenvalue weighted by atomic mass is 10.2. The lowest BCUT2D eigenvalue weighted by Crippen LogP contribution is -2.15. The standard InChI is InChI=1S/C13H15N5O/c1-8-9(2)17-18-13(15-8)16-12(19)10-4-6-11(14-3)7-5-10/h4-7,14H,1-3H3,(H,15,16,18,19). The van der Waals surface area contributed by atoms with E-state index in [1.807, 2.05) is 33.0 Å². The SMILES string of the molecule is CNc1ccc(C(=O)Nc2nnc(C)c(C)n2)cc1. The monoisotopic (exact) mass is 257 g/mol. The van der Waals surface area contributed by atoms with Gasteiger partial charge in [-0.15, -0.1) is 5.10 Å². The zero-order chi connectivity index (χ0) is 13.8. The van der Waals surface area contributed by atoms with Crippen molar-refractivity contribution in [3.05, 3.63) is 41.2 Å². The van der Waals surface area contributed by atoms with Gasteiger partial charge in [-0.05, 0) is 38.1 Å². The second-order valence-electron chi connectivity index (χ2n) is 4.09. The highest BCUT2D eigenvalue weighted by atomic mass is 16.1. The second-order valence-corrected chi connectivity index (χ2v) is 4.09. The fourth-order valence-electron chi connectivity index (χ4n) is 1.47. The molecule has 0 aliphatic rings. The summed E-state index contributed by atoms with van der Waals surface area (Å²) in [5.74, 6) is -0.0431. The smallest absolute Gasteiger partial charge is 0.258 e. The maximum absolute atomic E-state index is 12.0. The molecule has 0 unspecified atom stereocenters. The topological polar surface area (TPSA) is 79.8 Å². The Morgan fingerprint density at radius 2 is 1.74 bits per heavy atom. The molecule has 6 nitrogen and oxygen atoms in total. The molecule has 1 heterocycles. The molecular formula is C13H15N5O. The summed E-state index contributed by atoms with van der Waals surface area (Å²) in [5.41, 5.74) is 2.98. The minimum Gasteiger partial charge on any atom is -0.388 e. The van der Waals surface area contributed by atoms with Gasteiger partial charge in [-0.3, -0.25) is 10.1 Å². The molecule has 0 aliphatic heterocycles. The van der Waals surface area contributed by atoms with Crippen LogP contribution in [0.4, 0.5) is 11.6 Å². The maximum atomic E-state index is 12.0. The number of carbonyl (C=O) groups is 1. The van der Waals surface area contributed by atoms with Crippen molar-refractivity contribution >= 4 is 17.5 Å². The minimum absolute atomic E-state index is 0.214. The number of anilines is 2. The molecule has 1 aromatic heterocycles. The quantitative estimate of drug-likeness (QED) is 0.876. The van der Waals surface area contributed by atoms with Crippen LogP contribution in [0.1, 0.15) is 21.7 Å². The van der Waals surface area contributed by atoms with E-state index in [0.717, 1.165) is 17.1 Å². The van der Waals surface area contributed by atoms with Crippen LogP contribution in [-0.2, 0) is 0 Å². The van der Waals surface area contributed by atoms with E-state index in [1.165, 1.54) is 0 Å². The van der Waals surface area contributed by atoms with Gasteiger partial charge in [0.25, 0.3) is 5.91 Å². The number of nitrogens with zero attached hydrogens (tertiary/aromatic N) is 3. The van der Waals surface area contributed by atoms with E-state index in [9.17, 15) is 4.79 Å². The largest absolute Gasteiger partial charge is 0.388 e. The molecule has 2 N–H and O–H groups in total. The van der Waals surface area contributed by atoms with Gasteiger partial charge in [0.1, 0.15) is 0 Å². The number of benzene rings is 1. The molecule has 0 saturated carbocycles. The molecule has 0 aliphatic carbocycles. The van der Waals surface area contributed by atoms with Crippen LogP contribution < -0.4 is 10.6 Å². The van der Waals surface area contributed by atoms with Crippen LogP contribution in [0.3, 0.4) is 0 Å². The zero-order valence-electron chi connectivity index (χ0n) is 11.1. The molecule has 0 saturated heterocycles. The van der Waals surface area contributed by atoms with E-state index in [4.69, 9.17) is 0 Å². The first-order valence-electron chi connectivity index (χ1n) is 5.87. The summed E-state index contributed by atoms with van der Waals surface area (Å²) in [5, 5.41) is 13.4. The first-order valence-corrected chi connectivity index (χ1v) is 5.87. The van der Waals surface area contributed by atoms with Gasteiger partial charge in [0.05, 0.1) is 11.4 Å². The summed E-state index contributed by atoms with van der Waals surface area (Å²) in [6, 6.07) is 7.12. The van der Waals surface area contributed by atoms with Crippen molar-refractivity contribution in [1.82, 2.24) is 15.2 Å². The number of hydrogen-bond donors (Lipinski definition) is 2. The van der Waals surface area contributed by atoms with Crippen molar-refractivity contribution < 1.29 is 4.79 Å². The Labute approximate surface area is 111 Å². The van der Waals surface area contributed by atoms with Gasteiger partial charge in [0, 0.05) is 18.3 Å². The molecule has 0 spiro atoms. The number of aromatic nitrogens is 3. The molecule has 6 heteroatoms. The van der Waals surface area contributed by atoms with Crippen LogP contribution >= 0.6 is 0 Å². The Bertz CT molecular complexity index is 594. The van der Waals surface area contributed by atoms with Crippen molar-refractivity contribution in [1.29, 1.82) is 0 Å². The molecule has 2 rings (SSSR count). The summed E-state index contributed by atoms with van der Waals surface area (Å²) >= 11 is 0. The van der Waals surface area contributed by atoms with Crippen LogP contribution in [0, 0.1) is 13.8 Å². The molecule has 0 fully saturated rings. The summed E-state index contributed by atoms with van der Waals surface area (Å²) in [7, 11) is 1.82. The summed E-state index contributed by atoms with van der Waals surface area (Å²) < 4.78 is 0. The highest BCUT2D eigenvalue weighted by Gasteiger charge is 2.09. The van der Waals surface area contributed by atoms with Crippen LogP contribution in [0.5, 0.6) is 0 Å². The highest BCUT2D eigenvalue weighted by molar-refractivity contribution is 6.03. The van der Waals surface area contributed by atoms with Crippen molar-refractivity contribution in [2.75, 3.05) is 17.7 Å². The van der Waals surface area contributed by atoms with Crippen molar-refractivity contribution in [3.8, 4) is 0 Å². The predicted molar refractivity (Wildman–Crippen MR) is 73.2 cm³/mol. The van der Waals surface area contributed by atoms with E-state index in [2.05, 4.69) is 25.8 Å². The van der Waals surface area contributed by atoms with Gasteiger partial charge in [0.2, 0.25) is 5.95 Å². The molecule has 0 atom stereocenters. The van der Waals surface area contributed by atoms with Gasteiger partial charge < -0.3 is 5.32 Å². The van der Waals surface area contributed by atoms with E-state index in [0.29, 0.717) is 5.56 Å². The van der Waals surface area contributed by atoms with E-state index >= 15 is 0 Å². The molecule has 1 aromatic carbocycles. The number of amides is 1. The Kier molecular flexibility index (Phi) is 3.70. The van der Waals surface area contributed by atoms with E-state index < -0.39 is 0 Å². The van der Waals surface area contributed by atoms with Crippen molar-refractivity contribution in [2.24, 2.45) is 0 Å². The van der Waals surface area contributed by atoms with Crippen LogP contribution in [0.2, 0.25) is 0 Å². The summed E-state index contributed by atoms with van der Waals surface area (Å²) in [6.07, 6.45) is 0. The maximum Gasteiger partial charge on any atom is 0.258 e. The normalized spacial score (nSPS) is 10.1. The molecule has 2 aromatic rings. The van der Waals surface area contributed by atoms with Crippen LogP contribution in [0.25, 0.3) is 0 Å². The van der Waals surface area contributed by atoms with Gasteiger partial charge in [-0.25, -0.2) is 4.98 Å². The first-order chi connectivity index (χ1) is 9.10. The lowest BCUT2D eigenvalue weighted by Gasteiger charge is -2.05. The van der Waals surface area contributed by atoms with Gasteiger partial charge in [0.15, 0.2) is 0 Å². The average molecular weight is 257 g/mol. The Hall–Kier alpha value is -2.50. The Morgan fingerprint density at radius 3 is 2.32 bits per heavy atom. The third kappa shape index (κ3) is 3.04. The molecule has 98 valence electrons. The van der Waals surface area contributed by atoms with Gasteiger partial charge in [-0.2, -0.15) is 5.10 Å². The van der Waals surface area contributed by atoms with Gasteiger partial charge >= 0.3 is 0 Å². The number of rotatable bonds is 3. The zero-order valence-corrected chi connectivity index (χ0v) is 11.1. The summed E-state index contributed by atoms with van der Waals surface area (Å²) in [4.78, 5) is 16.1. The van der Waals surface area contributed by atoms with Crippen molar-refractivity contribution in [3.63, 3.8) is 0 Å². The molecule has 19 heavy (non-hydrogen) atoms. The predicted octanol–water partition coefficient (Wildman–Crippen LogP) is 1.78. The van der Waals surface area contributed by atoms with Crippen LogP contribution in [0.15, 0.2) is 24.3 Å². The van der Waals surface area contributed by atoms with E-state index in [1.54, 1.807) is 12.1 Å². The van der Waals surface area contributed by atoms with Crippen molar-refractivity contribution in [2.45, 2.75) is 13.8 Å². The molecular weight excluding hydrogens is 242 g/mol. The third-order valence-corrected chi connectivity index (χ3v) is 2.75.